The van der Waals surface area contributed by atoms with Gasteiger partial charge in [0.05, 0.1) is 18.2 Å². The molecule has 1 aliphatic rings. The van der Waals surface area contributed by atoms with Gasteiger partial charge >= 0.3 is 0 Å². The Labute approximate surface area is 127 Å². The normalized spacial score (nSPS) is 23.7. The predicted molar refractivity (Wildman–Crippen MR) is 86.1 cm³/mol. The van der Waals surface area contributed by atoms with E-state index in [1.165, 1.54) is 17.5 Å². The lowest BCUT2D eigenvalue weighted by molar-refractivity contribution is -0.0392. The third-order valence-corrected chi connectivity index (χ3v) is 4.21. The van der Waals surface area contributed by atoms with Gasteiger partial charge in [0, 0.05) is 0 Å². The van der Waals surface area contributed by atoms with Crippen LogP contribution in [0.2, 0.25) is 0 Å². The number of benzene rings is 2. The van der Waals surface area contributed by atoms with Crippen molar-refractivity contribution < 1.29 is 4.74 Å². The van der Waals surface area contributed by atoms with Crippen molar-refractivity contribution in [1.29, 1.82) is 0 Å². The highest BCUT2D eigenvalue weighted by atomic mass is 16.5. The molecule has 21 heavy (non-hydrogen) atoms. The lowest BCUT2D eigenvalue weighted by Crippen LogP contribution is -2.39. The van der Waals surface area contributed by atoms with Gasteiger partial charge in [0.15, 0.2) is 0 Å². The average Bonchev–Trinajstić information content (AvgIpc) is 2.57. The highest BCUT2D eigenvalue weighted by Gasteiger charge is 2.28. The van der Waals surface area contributed by atoms with Gasteiger partial charge in [-0.25, -0.2) is 0 Å². The fraction of sp³-hybridized carbons (Fsp3) is 0.368. The zero-order chi connectivity index (χ0) is 14.5. The van der Waals surface area contributed by atoms with Crippen molar-refractivity contribution in [1.82, 2.24) is 5.32 Å². The third kappa shape index (κ3) is 3.52. The van der Waals surface area contributed by atoms with Crippen LogP contribution in [-0.4, -0.2) is 12.6 Å². The van der Waals surface area contributed by atoms with Gasteiger partial charge in [0.25, 0.3) is 0 Å². The quantitative estimate of drug-likeness (QED) is 0.904. The van der Waals surface area contributed by atoms with E-state index in [-0.39, 0.29) is 12.2 Å². The molecule has 3 unspecified atom stereocenters. The van der Waals surface area contributed by atoms with Crippen LogP contribution < -0.4 is 5.32 Å². The Bertz CT molecular complexity index is 540. The van der Waals surface area contributed by atoms with Crippen LogP contribution in [0.15, 0.2) is 60.7 Å². The van der Waals surface area contributed by atoms with Crippen LogP contribution in [0.1, 0.15) is 43.0 Å². The molecule has 1 saturated heterocycles. The Morgan fingerprint density at radius 3 is 2.38 bits per heavy atom. The molecule has 0 amide bonds. The molecular weight excluding hydrogens is 258 g/mol. The molecule has 0 aliphatic carbocycles. The maximum absolute atomic E-state index is 6.38. The first kappa shape index (κ1) is 14.3. The highest BCUT2D eigenvalue weighted by Crippen LogP contribution is 2.30. The van der Waals surface area contributed by atoms with Crippen LogP contribution in [0, 0.1) is 0 Å². The first-order valence-corrected chi connectivity index (χ1v) is 7.83. The van der Waals surface area contributed by atoms with Gasteiger partial charge in [0.2, 0.25) is 0 Å². The van der Waals surface area contributed by atoms with Crippen molar-refractivity contribution in [3.63, 3.8) is 0 Å². The summed E-state index contributed by atoms with van der Waals surface area (Å²) in [6, 6.07) is 21.4. The van der Waals surface area contributed by atoms with Crippen molar-refractivity contribution >= 4 is 0 Å². The summed E-state index contributed by atoms with van der Waals surface area (Å²) in [4.78, 5) is 0. The average molecular weight is 281 g/mol. The van der Waals surface area contributed by atoms with E-state index < -0.39 is 0 Å². The summed E-state index contributed by atoms with van der Waals surface area (Å²) in [5, 5.41) is 3.62. The van der Waals surface area contributed by atoms with Crippen LogP contribution in [0.25, 0.3) is 0 Å². The molecule has 2 nitrogen and oxygen atoms in total. The Kier molecular flexibility index (Phi) is 4.69. The molecular formula is C19H23NO. The van der Waals surface area contributed by atoms with E-state index in [2.05, 4.69) is 66.8 Å². The SMILES string of the molecule is CC(OC1CCCNC1c1ccccc1)c1ccccc1. The van der Waals surface area contributed by atoms with Crippen LogP contribution >= 0.6 is 0 Å². The van der Waals surface area contributed by atoms with E-state index in [0.29, 0.717) is 6.04 Å². The van der Waals surface area contributed by atoms with Crippen molar-refractivity contribution in [2.24, 2.45) is 0 Å². The second-order valence-electron chi connectivity index (χ2n) is 5.71. The Hall–Kier alpha value is -1.64. The van der Waals surface area contributed by atoms with Crippen molar-refractivity contribution in [3.8, 4) is 0 Å². The predicted octanol–water partition coefficient (Wildman–Crippen LogP) is 4.26. The second-order valence-corrected chi connectivity index (χ2v) is 5.71. The molecule has 0 spiro atoms. The fourth-order valence-electron chi connectivity index (χ4n) is 3.06. The summed E-state index contributed by atoms with van der Waals surface area (Å²) in [6.07, 6.45) is 2.65. The minimum absolute atomic E-state index is 0.127. The molecule has 2 heteroatoms. The molecule has 110 valence electrons. The smallest absolute Gasteiger partial charge is 0.0801 e. The standard InChI is InChI=1S/C19H23NO/c1-15(16-9-4-2-5-10-16)21-18-13-8-14-20-19(18)17-11-6-3-7-12-17/h2-7,9-12,15,18-20H,8,13-14H2,1H3. The van der Waals surface area contributed by atoms with E-state index in [4.69, 9.17) is 4.74 Å². The van der Waals surface area contributed by atoms with Crippen LogP contribution in [0.5, 0.6) is 0 Å². The van der Waals surface area contributed by atoms with E-state index in [1.807, 2.05) is 6.07 Å². The maximum atomic E-state index is 6.38. The molecule has 2 aromatic rings. The van der Waals surface area contributed by atoms with E-state index >= 15 is 0 Å². The van der Waals surface area contributed by atoms with Gasteiger partial charge in [-0.15, -0.1) is 0 Å². The van der Waals surface area contributed by atoms with Gasteiger partial charge in [-0.1, -0.05) is 60.7 Å². The third-order valence-electron chi connectivity index (χ3n) is 4.21. The summed E-state index contributed by atoms with van der Waals surface area (Å²) < 4.78 is 6.38. The van der Waals surface area contributed by atoms with Crippen LogP contribution in [0.4, 0.5) is 0 Å². The van der Waals surface area contributed by atoms with Gasteiger partial charge < -0.3 is 10.1 Å². The molecule has 1 fully saturated rings. The zero-order valence-corrected chi connectivity index (χ0v) is 12.5. The number of hydrogen-bond donors (Lipinski definition) is 1. The maximum Gasteiger partial charge on any atom is 0.0801 e. The Morgan fingerprint density at radius 2 is 1.67 bits per heavy atom. The largest absolute Gasteiger partial charge is 0.369 e. The number of piperidine rings is 1. The Balaban J connectivity index is 1.73. The van der Waals surface area contributed by atoms with Crippen molar-refractivity contribution in [2.45, 2.75) is 38.0 Å². The van der Waals surface area contributed by atoms with Crippen LogP contribution in [-0.2, 0) is 4.74 Å². The molecule has 1 N–H and O–H groups in total. The van der Waals surface area contributed by atoms with E-state index in [0.717, 1.165) is 13.0 Å². The number of hydrogen-bond acceptors (Lipinski definition) is 2. The molecule has 0 aromatic heterocycles. The molecule has 1 heterocycles. The Morgan fingerprint density at radius 1 is 1.00 bits per heavy atom. The van der Waals surface area contributed by atoms with Gasteiger partial charge in [-0.05, 0) is 37.4 Å². The van der Waals surface area contributed by atoms with Gasteiger partial charge in [0.1, 0.15) is 0 Å². The topological polar surface area (TPSA) is 21.3 Å². The first-order valence-electron chi connectivity index (χ1n) is 7.83. The van der Waals surface area contributed by atoms with Crippen molar-refractivity contribution in [3.05, 3.63) is 71.8 Å². The second kappa shape index (κ2) is 6.88. The minimum Gasteiger partial charge on any atom is -0.369 e. The molecule has 3 atom stereocenters. The molecule has 0 saturated carbocycles. The highest BCUT2D eigenvalue weighted by molar-refractivity contribution is 5.21. The first-order chi connectivity index (χ1) is 10.3. The summed E-state index contributed by atoms with van der Waals surface area (Å²) >= 11 is 0. The number of rotatable bonds is 4. The summed E-state index contributed by atoms with van der Waals surface area (Å²) in [5.74, 6) is 0. The van der Waals surface area contributed by atoms with Crippen LogP contribution in [0.3, 0.4) is 0 Å². The number of nitrogens with one attached hydrogen (secondary N) is 1. The molecule has 0 bridgehead atoms. The van der Waals surface area contributed by atoms with Gasteiger partial charge in [-0.3, -0.25) is 0 Å². The number of ether oxygens (including phenoxy) is 1. The zero-order valence-electron chi connectivity index (χ0n) is 12.5. The van der Waals surface area contributed by atoms with Gasteiger partial charge in [-0.2, -0.15) is 0 Å². The lowest BCUT2D eigenvalue weighted by atomic mass is 9.94. The minimum atomic E-state index is 0.127. The van der Waals surface area contributed by atoms with E-state index in [9.17, 15) is 0 Å². The monoisotopic (exact) mass is 281 g/mol. The fourth-order valence-corrected chi connectivity index (χ4v) is 3.06. The molecule has 2 aromatic carbocycles. The summed E-state index contributed by atoms with van der Waals surface area (Å²) in [6.45, 7) is 3.21. The molecule has 3 rings (SSSR count). The van der Waals surface area contributed by atoms with E-state index in [1.54, 1.807) is 0 Å². The summed E-state index contributed by atoms with van der Waals surface area (Å²) in [5.41, 5.74) is 2.57. The van der Waals surface area contributed by atoms with Crippen molar-refractivity contribution in [2.75, 3.05) is 6.54 Å². The molecule has 0 radical (unpaired) electrons. The molecule has 1 aliphatic heterocycles. The lowest BCUT2D eigenvalue weighted by Gasteiger charge is -2.35. The summed E-state index contributed by atoms with van der Waals surface area (Å²) in [7, 11) is 0.